The topological polar surface area (TPSA) is 142 Å². The van der Waals surface area contributed by atoms with Crippen molar-refractivity contribution in [1.82, 2.24) is 0 Å². The molecule has 0 aliphatic heterocycles. The summed E-state index contributed by atoms with van der Waals surface area (Å²) in [5.74, 6) is -0.339. The molecule has 7 nitrogen and oxygen atoms in total. The number of hydrogen-bond donors (Lipinski definition) is 7. The molecule has 7 heteroatoms. The van der Waals surface area contributed by atoms with Crippen LogP contribution in [0.2, 0.25) is 0 Å². The van der Waals surface area contributed by atoms with Gasteiger partial charge in [-0.2, -0.15) is 0 Å². The molecule has 0 radical (unpaired) electrons. The quantitative estimate of drug-likeness (QED) is 0.0752. The van der Waals surface area contributed by atoms with Crippen molar-refractivity contribution in [2.45, 2.75) is 16.7 Å². The number of rotatable bonds is 9. The van der Waals surface area contributed by atoms with Gasteiger partial charge in [-0.3, -0.25) is 0 Å². The van der Waals surface area contributed by atoms with Crippen LogP contribution in [0.5, 0.6) is 40.2 Å². The Morgan fingerprint density at radius 3 is 0.673 bits per heavy atom. The Morgan fingerprint density at radius 2 is 0.442 bits per heavy atom. The lowest BCUT2D eigenvalue weighted by Crippen LogP contribution is -2.55. The van der Waals surface area contributed by atoms with Crippen molar-refractivity contribution in [2.24, 2.45) is 0 Å². The SMILES string of the molecule is Oc1ccc(C(c2ccc(O)cc2)C(c2ccc(O)cc2)(c2ccc(O)cc2)C(c2ccc(O)cc2)(c2ccc(O)cc2)c2ccc(O)cc2)cc1. The molecule has 0 atom stereocenters. The van der Waals surface area contributed by atoms with E-state index >= 15 is 0 Å². The molecule has 0 fully saturated rings. The van der Waals surface area contributed by atoms with Crippen LogP contribution >= 0.6 is 0 Å². The summed E-state index contributed by atoms with van der Waals surface area (Å²) < 4.78 is 0. The van der Waals surface area contributed by atoms with Crippen LogP contribution in [-0.4, -0.2) is 35.7 Å². The maximum Gasteiger partial charge on any atom is 0.115 e. The van der Waals surface area contributed by atoms with Crippen molar-refractivity contribution in [3.63, 3.8) is 0 Å². The summed E-state index contributed by atoms with van der Waals surface area (Å²) in [4.78, 5) is 0. The zero-order chi connectivity index (χ0) is 36.5. The molecule has 0 unspecified atom stereocenters. The molecule has 7 rings (SSSR count). The first kappa shape index (κ1) is 33.6. The van der Waals surface area contributed by atoms with Gasteiger partial charge in [-0.05, 0) is 124 Å². The molecule has 0 heterocycles. The minimum Gasteiger partial charge on any atom is -0.508 e. The average Bonchev–Trinajstić information content (AvgIpc) is 3.15. The Labute approximate surface area is 300 Å². The summed E-state index contributed by atoms with van der Waals surface area (Å²) >= 11 is 0. The van der Waals surface area contributed by atoms with E-state index in [2.05, 4.69) is 0 Å². The molecule has 7 aromatic rings. The normalized spacial score (nSPS) is 11.8. The number of benzene rings is 7. The Hall–Kier alpha value is -6.86. The van der Waals surface area contributed by atoms with Gasteiger partial charge in [0.2, 0.25) is 0 Å². The van der Waals surface area contributed by atoms with Crippen LogP contribution in [0.1, 0.15) is 44.9 Å². The van der Waals surface area contributed by atoms with Crippen LogP contribution in [0.15, 0.2) is 170 Å². The molecular weight excluding hydrogens is 652 g/mol. The van der Waals surface area contributed by atoms with Gasteiger partial charge in [0.25, 0.3) is 0 Å². The molecule has 0 amide bonds. The van der Waals surface area contributed by atoms with E-state index in [4.69, 9.17) is 0 Å². The molecule has 258 valence electrons. The highest BCUT2D eigenvalue weighted by Gasteiger charge is 2.61. The summed E-state index contributed by atoms with van der Waals surface area (Å²) in [5.41, 5.74) is 2.44. The molecule has 0 bridgehead atoms. The second-order valence-corrected chi connectivity index (χ2v) is 12.9. The molecule has 0 saturated heterocycles. The molecule has 7 N–H and O–H groups in total. The third-order valence-electron chi connectivity index (χ3n) is 10.0. The van der Waals surface area contributed by atoms with Gasteiger partial charge in [0.1, 0.15) is 40.2 Å². The van der Waals surface area contributed by atoms with Gasteiger partial charge in [0, 0.05) is 11.3 Å². The molecule has 7 aromatic carbocycles. The summed E-state index contributed by atoms with van der Waals surface area (Å²) in [7, 11) is 0. The molecule has 0 aliphatic carbocycles. The zero-order valence-electron chi connectivity index (χ0n) is 27.9. The molecule has 0 spiro atoms. The Balaban J connectivity index is 1.83. The Morgan fingerprint density at radius 1 is 0.250 bits per heavy atom. The van der Waals surface area contributed by atoms with Crippen molar-refractivity contribution >= 4 is 0 Å². The van der Waals surface area contributed by atoms with Gasteiger partial charge >= 0.3 is 0 Å². The maximum atomic E-state index is 10.7. The molecule has 0 aliphatic rings. The highest BCUT2D eigenvalue weighted by atomic mass is 16.3. The predicted octanol–water partition coefficient (Wildman–Crippen LogP) is 8.78. The largest absolute Gasteiger partial charge is 0.508 e. The fourth-order valence-electron chi connectivity index (χ4n) is 7.94. The zero-order valence-corrected chi connectivity index (χ0v) is 27.9. The number of phenolic OH excluding ortho intramolecular Hbond substituents is 7. The van der Waals surface area contributed by atoms with Crippen LogP contribution in [-0.2, 0) is 10.8 Å². The Kier molecular flexibility index (Phi) is 8.70. The molecule has 0 aromatic heterocycles. The third kappa shape index (κ3) is 5.68. The van der Waals surface area contributed by atoms with Crippen LogP contribution < -0.4 is 0 Å². The number of aromatic hydroxyl groups is 7. The van der Waals surface area contributed by atoms with Crippen molar-refractivity contribution in [3.05, 3.63) is 209 Å². The van der Waals surface area contributed by atoms with E-state index in [1.807, 2.05) is 84.9 Å². The van der Waals surface area contributed by atoms with Crippen molar-refractivity contribution in [1.29, 1.82) is 0 Å². The summed E-state index contributed by atoms with van der Waals surface area (Å²) in [5, 5.41) is 74.6. The Bertz CT molecular complexity index is 2060. The first-order chi connectivity index (χ1) is 25.1. The van der Waals surface area contributed by atoms with Crippen LogP contribution in [0.4, 0.5) is 0 Å². The van der Waals surface area contributed by atoms with Crippen molar-refractivity contribution < 1.29 is 35.7 Å². The van der Waals surface area contributed by atoms with E-state index < -0.39 is 16.7 Å². The van der Waals surface area contributed by atoms with Gasteiger partial charge < -0.3 is 35.7 Å². The average molecular weight is 689 g/mol. The van der Waals surface area contributed by atoms with Crippen LogP contribution in [0.3, 0.4) is 0 Å². The van der Waals surface area contributed by atoms with E-state index in [1.54, 1.807) is 84.9 Å². The summed E-state index contributed by atoms with van der Waals surface area (Å²) in [6.07, 6.45) is 0. The van der Waals surface area contributed by atoms with Gasteiger partial charge in [-0.25, -0.2) is 0 Å². The molecule has 52 heavy (non-hydrogen) atoms. The van der Waals surface area contributed by atoms with E-state index in [1.165, 1.54) is 0 Å². The number of phenols is 7. The standard InChI is InChI=1S/C45H36O7/c46-36-15-1-29(2-16-36)43(30-3-17-37(47)18-4-30)45(34-11-25-41(51)26-12-34,35-13-27-42(52)28-14-35)44(31-5-19-38(48)20-6-31,32-7-21-39(49)22-8-32)33-9-23-40(50)24-10-33/h1-28,43,46-52H. The fraction of sp³-hybridized carbons (Fsp3) is 0.0667. The molecule has 0 saturated carbocycles. The second kappa shape index (κ2) is 13.5. The lowest BCUT2D eigenvalue weighted by atomic mass is 9.43. The monoisotopic (exact) mass is 688 g/mol. The molecular formula is C45H36O7. The second-order valence-electron chi connectivity index (χ2n) is 12.9. The third-order valence-corrected chi connectivity index (χ3v) is 10.0. The lowest BCUT2D eigenvalue weighted by Gasteiger charge is -2.57. The van der Waals surface area contributed by atoms with Crippen LogP contribution in [0, 0.1) is 0 Å². The maximum absolute atomic E-state index is 10.7. The minimum absolute atomic E-state index is 0.0404. The smallest absolute Gasteiger partial charge is 0.115 e. The first-order valence-electron chi connectivity index (χ1n) is 16.7. The van der Waals surface area contributed by atoms with E-state index in [0.29, 0.717) is 16.7 Å². The van der Waals surface area contributed by atoms with E-state index in [0.717, 1.165) is 22.3 Å². The van der Waals surface area contributed by atoms with Gasteiger partial charge in [-0.1, -0.05) is 84.9 Å². The summed E-state index contributed by atoms with van der Waals surface area (Å²) in [6.45, 7) is 0. The van der Waals surface area contributed by atoms with Gasteiger partial charge in [0.05, 0.1) is 5.41 Å². The minimum atomic E-state index is -1.34. The van der Waals surface area contributed by atoms with Gasteiger partial charge in [0.15, 0.2) is 0 Å². The lowest BCUT2D eigenvalue weighted by molar-refractivity contribution is 0.316. The predicted molar refractivity (Wildman–Crippen MR) is 199 cm³/mol. The number of hydrogen-bond acceptors (Lipinski definition) is 7. The van der Waals surface area contributed by atoms with Crippen molar-refractivity contribution in [2.75, 3.05) is 0 Å². The van der Waals surface area contributed by atoms with E-state index in [-0.39, 0.29) is 40.2 Å². The highest BCUT2D eigenvalue weighted by Crippen LogP contribution is 2.64. The first-order valence-corrected chi connectivity index (χ1v) is 16.7. The van der Waals surface area contributed by atoms with Gasteiger partial charge in [-0.15, -0.1) is 0 Å². The van der Waals surface area contributed by atoms with Crippen LogP contribution in [0.25, 0.3) is 0 Å². The highest BCUT2D eigenvalue weighted by molar-refractivity contribution is 5.67. The van der Waals surface area contributed by atoms with E-state index in [9.17, 15) is 35.7 Å². The summed E-state index contributed by atoms with van der Waals surface area (Å²) in [6, 6.07) is 48.4. The fourth-order valence-corrected chi connectivity index (χ4v) is 7.94. The van der Waals surface area contributed by atoms with Crippen molar-refractivity contribution in [3.8, 4) is 40.2 Å².